The van der Waals surface area contributed by atoms with Crippen molar-refractivity contribution in [2.75, 3.05) is 0 Å². The molecule has 3 heterocycles. The van der Waals surface area contributed by atoms with Gasteiger partial charge >= 0.3 is 0 Å². The van der Waals surface area contributed by atoms with Gasteiger partial charge in [0, 0.05) is 12.3 Å². The molecule has 1 N–H and O–H groups in total. The van der Waals surface area contributed by atoms with E-state index in [9.17, 15) is 9.90 Å². The Hall–Kier alpha value is -3.26. The minimum atomic E-state index is -0.632. The molecule has 5 rings (SSSR count). The van der Waals surface area contributed by atoms with Crippen molar-refractivity contribution in [3.05, 3.63) is 66.1 Å². The summed E-state index contributed by atoms with van der Waals surface area (Å²) in [6, 6.07) is 10.7. The van der Waals surface area contributed by atoms with E-state index in [0.717, 1.165) is 18.4 Å². The maximum atomic E-state index is 13.8. The molecule has 2 aromatic heterocycles. The molecule has 2 aliphatic rings. The van der Waals surface area contributed by atoms with E-state index >= 15 is 0 Å². The van der Waals surface area contributed by atoms with Gasteiger partial charge in [0.2, 0.25) is 5.88 Å². The summed E-state index contributed by atoms with van der Waals surface area (Å²) < 4.78 is 6.19. The number of aliphatic hydroxyl groups excluding tert-OH is 1. The first-order valence-corrected chi connectivity index (χ1v) is 10.6. The highest BCUT2D eigenvalue weighted by atomic mass is 16.5. The number of ether oxygens (including phenoxy) is 1. The molecule has 2 fully saturated rings. The number of fused-ring (bicyclic) bond motifs is 2. The number of pyridine rings is 1. The Bertz CT molecular complexity index is 1070. The molecule has 0 spiro atoms. The number of carbonyl (C=O) groups excluding carboxylic acids is 1. The SMILES string of the molecule is Cc1ccc(OC2CC3CC2N(C(=O)c2ccccc2-n2nccn2)C3C(C)O)nc1. The van der Waals surface area contributed by atoms with Gasteiger partial charge < -0.3 is 14.7 Å². The maximum Gasteiger partial charge on any atom is 0.256 e. The zero-order valence-electron chi connectivity index (χ0n) is 17.5. The van der Waals surface area contributed by atoms with Gasteiger partial charge in [-0.25, -0.2) is 4.98 Å². The predicted molar refractivity (Wildman–Crippen MR) is 113 cm³/mol. The minimum Gasteiger partial charge on any atom is -0.472 e. The molecule has 1 aliphatic heterocycles. The van der Waals surface area contributed by atoms with Crippen LogP contribution in [-0.4, -0.2) is 60.2 Å². The molecule has 1 saturated heterocycles. The molecular formula is C23H25N5O3. The number of aryl methyl sites for hydroxylation is 1. The lowest BCUT2D eigenvalue weighted by atomic mass is 9.93. The smallest absolute Gasteiger partial charge is 0.256 e. The highest BCUT2D eigenvalue weighted by Gasteiger charge is 2.56. The number of para-hydroxylation sites is 1. The average Bonchev–Trinajstić information content (AvgIpc) is 3.51. The number of hydrogen-bond acceptors (Lipinski definition) is 6. The van der Waals surface area contributed by atoms with Crippen molar-refractivity contribution in [3.8, 4) is 11.6 Å². The predicted octanol–water partition coefficient (Wildman–Crippen LogP) is 2.40. The summed E-state index contributed by atoms with van der Waals surface area (Å²) >= 11 is 0. The van der Waals surface area contributed by atoms with Crippen molar-refractivity contribution in [3.63, 3.8) is 0 Å². The number of nitrogens with zero attached hydrogens (tertiary/aromatic N) is 5. The second-order valence-corrected chi connectivity index (χ2v) is 8.41. The summed E-state index contributed by atoms with van der Waals surface area (Å²) in [6.07, 6.45) is 5.74. The number of aliphatic hydroxyl groups is 1. The molecule has 3 aromatic rings. The zero-order valence-corrected chi connectivity index (χ0v) is 17.5. The van der Waals surface area contributed by atoms with Crippen LogP contribution in [0.5, 0.6) is 5.88 Å². The van der Waals surface area contributed by atoms with Crippen molar-refractivity contribution in [1.82, 2.24) is 24.9 Å². The number of amides is 1. The summed E-state index contributed by atoms with van der Waals surface area (Å²) in [5.41, 5.74) is 2.18. The molecule has 31 heavy (non-hydrogen) atoms. The van der Waals surface area contributed by atoms with Crippen LogP contribution >= 0.6 is 0 Å². The third-order valence-electron chi connectivity index (χ3n) is 6.32. The fourth-order valence-corrected chi connectivity index (χ4v) is 5.06. The van der Waals surface area contributed by atoms with Gasteiger partial charge in [0.25, 0.3) is 5.91 Å². The lowest BCUT2D eigenvalue weighted by molar-refractivity contribution is -0.00651. The van der Waals surface area contributed by atoms with E-state index in [1.165, 1.54) is 4.80 Å². The second-order valence-electron chi connectivity index (χ2n) is 8.41. The molecule has 1 aliphatic carbocycles. The normalized spacial score (nSPS) is 25.6. The first kappa shape index (κ1) is 19.7. The molecule has 0 radical (unpaired) electrons. The lowest BCUT2D eigenvalue weighted by Crippen LogP contribution is -2.55. The quantitative estimate of drug-likeness (QED) is 0.683. The molecule has 1 amide bonds. The van der Waals surface area contributed by atoms with Crippen LogP contribution in [0.1, 0.15) is 35.7 Å². The summed E-state index contributed by atoms with van der Waals surface area (Å²) in [4.78, 5) is 21.4. The molecule has 8 nitrogen and oxygen atoms in total. The number of likely N-dealkylation sites (tertiary alicyclic amines) is 1. The maximum absolute atomic E-state index is 13.8. The Morgan fingerprint density at radius 2 is 1.94 bits per heavy atom. The van der Waals surface area contributed by atoms with E-state index in [1.54, 1.807) is 31.6 Å². The summed E-state index contributed by atoms with van der Waals surface area (Å²) in [5, 5.41) is 18.9. The van der Waals surface area contributed by atoms with Gasteiger partial charge in [-0.3, -0.25) is 4.79 Å². The molecule has 2 bridgehead atoms. The van der Waals surface area contributed by atoms with Gasteiger partial charge in [-0.05, 0) is 50.3 Å². The third-order valence-corrected chi connectivity index (χ3v) is 6.32. The van der Waals surface area contributed by atoms with E-state index in [1.807, 2.05) is 42.2 Å². The first-order valence-electron chi connectivity index (χ1n) is 10.6. The highest BCUT2D eigenvalue weighted by molar-refractivity contribution is 5.98. The Morgan fingerprint density at radius 3 is 2.65 bits per heavy atom. The topological polar surface area (TPSA) is 93.4 Å². The third kappa shape index (κ3) is 3.46. The van der Waals surface area contributed by atoms with Crippen molar-refractivity contribution < 1.29 is 14.6 Å². The molecule has 5 atom stereocenters. The minimum absolute atomic E-state index is 0.126. The van der Waals surface area contributed by atoms with Crippen LogP contribution in [0.15, 0.2) is 55.0 Å². The fraction of sp³-hybridized carbons (Fsp3) is 0.391. The van der Waals surface area contributed by atoms with E-state index in [-0.39, 0.29) is 30.0 Å². The largest absolute Gasteiger partial charge is 0.472 e. The number of rotatable bonds is 5. The van der Waals surface area contributed by atoms with E-state index in [2.05, 4.69) is 15.2 Å². The number of hydrogen-bond donors (Lipinski definition) is 1. The van der Waals surface area contributed by atoms with Crippen LogP contribution in [0.2, 0.25) is 0 Å². The van der Waals surface area contributed by atoms with Crippen LogP contribution in [0, 0.1) is 12.8 Å². The van der Waals surface area contributed by atoms with Gasteiger partial charge in [-0.15, -0.1) is 0 Å². The molecule has 160 valence electrons. The summed E-state index contributed by atoms with van der Waals surface area (Å²) in [6.45, 7) is 3.73. The van der Waals surface area contributed by atoms with E-state index in [0.29, 0.717) is 17.1 Å². The average molecular weight is 419 g/mol. The van der Waals surface area contributed by atoms with E-state index < -0.39 is 6.10 Å². The lowest BCUT2D eigenvalue weighted by Gasteiger charge is -2.40. The van der Waals surface area contributed by atoms with Crippen molar-refractivity contribution in [2.24, 2.45) is 5.92 Å². The van der Waals surface area contributed by atoms with Gasteiger partial charge in [0.15, 0.2) is 0 Å². The highest BCUT2D eigenvalue weighted by Crippen LogP contribution is 2.46. The molecule has 1 saturated carbocycles. The Balaban J connectivity index is 1.47. The summed E-state index contributed by atoms with van der Waals surface area (Å²) in [7, 11) is 0. The Labute approximate surface area is 180 Å². The van der Waals surface area contributed by atoms with E-state index in [4.69, 9.17) is 4.74 Å². The fourth-order valence-electron chi connectivity index (χ4n) is 5.06. The number of benzene rings is 1. The van der Waals surface area contributed by atoms with Crippen LogP contribution in [0.3, 0.4) is 0 Å². The Morgan fingerprint density at radius 1 is 1.16 bits per heavy atom. The molecular weight excluding hydrogens is 394 g/mol. The molecule has 8 heteroatoms. The standard InChI is InChI=1S/C23H25N5O3/c1-14-7-8-21(24-13-14)31-20-12-16-11-19(20)27(22(16)15(2)29)23(30)17-5-3-4-6-18(17)28-25-9-10-26-28/h3-10,13,15-16,19-20,22,29H,11-12H2,1-2H3. The monoisotopic (exact) mass is 419 g/mol. The van der Waals surface area contributed by atoms with Crippen LogP contribution < -0.4 is 4.74 Å². The van der Waals surface area contributed by atoms with Crippen molar-refractivity contribution in [1.29, 1.82) is 0 Å². The molecule has 5 unspecified atom stereocenters. The van der Waals surface area contributed by atoms with Crippen LogP contribution in [0.4, 0.5) is 0 Å². The van der Waals surface area contributed by atoms with Crippen molar-refractivity contribution >= 4 is 5.91 Å². The second kappa shape index (κ2) is 7.77. The number of aromatic nitrogens is 4. The molecule has 1 aromatic carbocycles. The van der Waals surface area contributed by atoms with Gasteiger partial charge in [0.05, 0.1) is 41.8 Å². The van der Waals surface area contributed by atoms with Gasteiger partial charge in [-0.2, -0.15) is 15.0 Å². The Kier molecular flexibility index (Phi) is 4.94. The first-order chi connectivity index (χ1) is 15.0. The number of piperidine rings is 1. The van der Waals surface area contributed by atoms with Crippen molar-refractivity contribution in [2.45, 2.75) is 51.0 Å². The summed E-state index contributed by atoms with van der Waals surface area (Å²) in [5.74, 6) is 0.598. The number of carbonyl (C=O) groups is 1. The van der Waals surface area contributed by atoms with Gasteiger partial charge in [-0.1, -0.05) is 18.2 Å². The van der Waals surface area contributed by atoms with Crippen LogP contribution in [0.25, 0.3) is 5.69 Å². The zero-order chi connectivity index (χ0) is 21.5. The van der Waals surface area contributed by atoms with Crippen LogP contribution in [-0.2, 0) is 0 Å². The van der Waals surface area contributed by atoms with Gasteiger partial charge in [0.1, 0.15) is 6.10 Å².